The predicted molar refractivity (Wildman–Crippen MR) is 190 cm³/mol. The second-order valence-electron chi connectivity index (χ2n) is 13.6. The van der Waals surface area contributed by atoms with Crippen molar-refractivity contribution in [3.05, 3.63) is 130 Å². The number of anilines is 1. The zero-order chi connectivity index (χ0) is 33.1. The monoisotopic (exact) mass is 702 g/mol. The molecule has 2 N–H and O–H groups in total. The third-order valence-corrected chi connectivity index (χ3v) is 14.4. The lowest BCUT2D eigenvalue weighted by atomic mass is 9.78. The molecule has 1 aliphatic heterocycles. The summed E-state index contributed by atoms with van der Waals surface area (Å²) in [4.78, 5) is 15.9. The topological polar surface area (TPSA) is 64.8 Å². The van der Waals surface area contributed by atoms with E-state index in [4.69, 9.17) is 14.9 Å². The molecule has 1 heterocycles. The third kappa shape index (κ3) is 7.63. The van der Waals surface area contributed by atoms with Gasteiger partial charge in [-0.05, 0) is 84.1 Å². The first-order chi connectivity index (χ1) is 21.9. The Hall–Kier alpha value is -3.30. The van der Waals surface area contributed by atoms with Crippen LogP contribution in [0.5, 0.6) is 5.75 Å². The fraction of sp³-hybridized carbons (Fsp3) is 0.342. The Morgan fingerprint density at radius 3 is 2.24 bits per heavy atom. The maximum atomic E-state index is 14.1. The van der Waals surface area contributed by atoms with E-state index in [1.807, 2.05) is 83.8 Å². The molecule has 8 heteroatoms. The summed E-state index contributed by atoms with van der Waals surface area (Å²) >= 11 is 3.63. The van der Waals surface area contributed by atoms with Crippen molar-refractivity contribution in [3.63, 3.8) is 0 Å². The second kappa shape index (κ2) is 14.2. The van der Waals surface area contributed by atoms with Gasteiger partial charge in [0.05, 0.1) is 18.1 Å². The fourth-order valence-corrected chi connectivity index (χ4v) is 7.37. The number of benzene rings is 4. The van der Waals surface area contributed by atoms with Gasteiger partial charge in [0.1, 0.15) is 18.2 Å². The van der Waals surface area contributed by atoms with Crippen LogP contribution in [0.3, 0.4) is 0 Å². The molecule has 4 aromatic carbocycles. The van der Waals surface area contributed by atoms with E-state index in [9.17, 15) is 9.18 Å². The van der Waals surface area contributed by atoms with E-state index in [0.717, 1.165) is 38.2 Å². The van der Waals surface area contributed by atoms with Crippen LogP contribution in [-0.2, 0) is 22.4 Å². The molecule has 0 saturated carbocycles. The smallest absolute Gasteiger partial charge is 0.233 e. The largest absolute Gasteiger partial charge is 0.489 e. The molecule has 5 nitrogen and oxygen atoms in total. The van der Waals surface area contributed by atoms with Crippen LogP contribution in [0.2, 0.25) is 18.1 Å². The van der Waals surface area contributed by atoms with Crippen LogP contribution >= 0.6 is 15.9 Å². The van der Waals surface area contributed by atoms with Crippen LogP contribution in [-0.4, -0.2) is 14.2 Å². The summed E-state index contributed by atoms with van der Waals surface area (Å²) in [5.41, 5.74) is 10.6. The number of carbonyl (C=O) groups excluding carboxylic acids is 1. The Balaban J connectivity index is 1.48. The van der Waals surface area contributed by atoms with Crippen LogP contribution < -0.4 is 15.4 Å². The molecule has 4 aromatic rings. The molecule has 1 amide bonds. The molecule has 0 radical (unpaired) electrons. The van der Waals surface area contributed by atoms with Gasteiger partial charge in [0, 0.05) is 22.3 Å². The van der Waals surface area contributed by atoms with Gasteiger partial charge in [-0.25, -0.2) is 4.39 Å². The summed E-state index contributed by atoms with van der Waals surface area (Å²) in [6.07, 6.45) is 0.972. The van der Waals surface area contributed by atoms with Gasteiger partial charge in [-0.15, -0.1) is 0 Å². The van der Waals surface area contributed by atoms with Crippen LogP contribution in [0.15, 0.2) is 102 Å². The highest BCUT2D eigenvalue weighted by atomic mass is 79.9. The fourth-order valence-electron chi connectivity index (χ4n) is 5.71. The van der Waals surface area contributed by atoms with E-state index in [2.05, 4.69) is 55.9 Å². The van der Waals surface area contributed by atoms with Crippen molar-refractivity contribution in [1.82, 2.24) is 0 Å². The summed E-state index contributed by atoms with van der Waals surface area (Å²) in [6, 6.07) is 30.3. The number of halogens is 2. The zero-order valence-electron chi connectivity index (χ0n) is 27.3. The first-order valence-electron chi connectivity index (χ1n) is 15.9. The van der Waals surface area contributed by atoms with Crippen molar-refractivity contribution < 1.29 is 18.3 Å². The van der Waals surface area contributed by atoms with Gasteiger partial charge >= 0.3 is 0 Å². The van der Waals surface area contributed by atoms with Crippen molar-refractivity contribution in [1.29, 1.82) is 0 Å². The van der Waals surface area contributed by atoms with Gasteiger partial charge in [0.15, 0.2) is 8.32 Å². The Morgan fingerprint density at radius 1 is 0.935 bits per heavy atom. The minimum Gasteiger partial charge on any atom is -0.489 e. The van der Waals surface area contributed by atoms with Crippen molar-refractivity contribution in [2.45, 2.75) is 77.0 Å². The number of nitrogens with two attached hydrogens (primary N) is 1. The van der Waals surface area contributed by atoms with Crippen molar-refractivity contribution in [3.8, 4) is 5.75 Å². The van der Waals surface area contributed by atoms with Gasteiger partial charge in [0.25, 0.3) is 0 Å². The Kier molecular flexibility index (Phi) is 10.5. The molecule has 0 aromatic heterocycles. The molecule has 0 bridgehead atoms. The lowest BCUT2D eigenvalue weighted by Crippen LogP contribution is -2.55. The molecule has 3 atom stereocenters. The maximum Gasteiger partial charge on any atom is 0.233 e. The summed E-state index contributed by atoms with van der Waals surface area (Å²) in [7, 11) is -2.18. The Morgan fingerprint density at radius 2 is 1.61 bits per heavy atom. The number of carbonyl (C=O) groups is 1. The maximum absolute atomic E-state index is 14.1. The normalized spacial score (nSPS) is 17.5. The highest BCUT2D eigenvalue weighted by molar-refractivity contribution is 9.10. The number of β-lactam (4-membered cyclic amide) rings is 1. The summed E-state index contributed by atoms with van der Waals surface area (Å²) in [5.74, 6) is 0.226. The summed E-state index contributed by atoms with van der Waals surface area (Å²) in [5, 5.41) is -0.00495. The quantitative estimate of drug-likeness (QED) is 0.118. The summed E-state index contributed by atoms with van der Waals surface area (Å²) in [6.45, 7) is 11.9. The van der Waals surface area contributed by atoms with E-state index < -0.39 is 8.32 Å². The van der Waals surface area contributed by atoms with Gasteiger partial charge in [-0.1, -0.05) is 97.4 Å². The van der Waals surface area contributed by atoms with Gasteiger partial charge in [0.2, 0.25) is 5.91 Å². The first-order valence-corrected chi connectivity index (χ1v) is 19.6. The second-order valence-corrected chi connectivity index (χ2v) is 19.3. The van der Waals surface area contributed by atoms with Crippen LogP contribution in [0.4, 0.5) is 10.1 Å². The molecule has 0 spiro atoms. The van der Waals surface area contributed by atoms with Crippen molar-refractivity contribution >= 4 is 35.8 Å². The SMILES string of the molecule is CC(C)(C)[Si](C)(C)O[C@@H](CC[C@H]1C(=O)N(c2ccc(CN)cc2)[C@@H]1c1ccc(Br)cc1OCc1ccccc1)c1ccc(F)cc1. The van der Waals surface area contributed by atoms with E-state index in [0.29, 0.717) is 26.0 Å². The lowest BCUT2D eigenvalue weighted by molar-refractivity contribution is -0.131. The average Bonchev–Trinajstić information content (AvgIpc) is 3.03. The number of ether oxygens (including phenoxy) is 1. The molecule has 0 unspecified atom stereocenters. The van der Waals surface area contributed by atoms with Gasteiger partial charge in [-0.2, -0.15) is 0 Å². The standard InChI is InChI=1S/C38H44BrFN2O3Si/c1-38(2,3)46(4,5)45-34(28-13-16-30(40)17-14-28)22-21-33-36(42(37(33)43)31-18-11-26(24-41)12-19-31)32-20-15-29(39)23-35(32)44-25-27-9-7-6-8-10-27/h6-20,23,33-34,36H,21-22,24-25,41H2,1-5H3/t33-,34+,36-/m1/s1. The van der Waals surface area contributed by atoms with Gasteiger partial charge < -0.3 is 19.8 Å². The van der Waals surface area contributed by atoms with E-state index >= 15 is 0 Å². The van der Waals surface area contributed by atoms with Crippen LogP contribution in [0.25, 0.3) is 0 Å². The highest BCUT2D eigenvalue weighted by Crippen LogP contribution is 2.50. The van der Waals surface area contributed by atoms with Crippen molar-refractivity contribution in [2.24, 2.45) is 11.7 Å². The van der Waals surface area contributed by atoms with Crippen molar-refractivity contribution in [2.75, 3.05) is 4.90 Å². The Labute approximate surface area is 282 Å². The molecule has 1 fully saturated rings. The summed E-state index contributed by atoms with van der Waals surface area (Å²) < 4.78 is 28.2. The zero-order valence-corrected chi connectivity index (χ0v) is 29.9. The number of hydrogen-bond acceptors (Lipinski definition) is 4. The third-order valence-electron chi connectivity index (χ3n) is 9.42. The minimum absolute atomic E-state index is 0.00495. The van der Waals surface area contributed by atoms with E-state index in [-0.39, 0.29) is 34.8 Å². The molecule has 5 rings (SSSR count). The number of amides is 1. The van der Waals surface area contributed by atoms with E-state index in [1.54, 1.807) is 0 Å². The number of hydrogen-bond donors (Lipinski definition) is 1. The molecule has 1 saturated heterocycles. The highest BCUT2D eigenvalue weighted by Gasteiger charge is 2.50. The van der Waals surface area contributed by atoms with Crippen LogP contribution in [0.1, 0.15) is 68.0 Å². The molecular formula is C38H44BrFN2O3Si. The molecule has 0 aliphatic carbocycles. The van der Waals surface area contributed by atoms with Crippen LogP contribution in [0, 0.1) is 11.7 Å². The Bertz CT molecular complexity index is 1630. The first kappa shape index (κ1) is 34.0. The molecular weight excluding hydrogens is 659 g/mol. The van der Waals surface area contributed by atoms with E-state index in [1.165, 1.54) is 12.1 Å². The molecule has 1 aliphatic rings. The van der Waals surface area contributed by atoms with Gasteiger partial charge in [-0.3, -0.25) is 4.79 Å². The number of nitrogens with zero attached hydrogens (tertiary/aromatic N) is 1. The average molecular weight is 704 g/mol. The predicted octanol–water partition coefficient (Wildman–Crippen LogP) is 9.87. The molecule has 46 heavy (non-hydrogen) atoms. The minimum atomic E-state index is -2.18. The lowest BCUT2D eigenvalue weighted by Gasteiger charge is -2.48. The number of rotatable bonds is 12. The molecule has 242 valence electrons.